The molecule has 0 unspecified atom stereocenters. The molecule has 0 aliphatic carbocycles. The van der Waals surface area contributed by atoms with Gasteiger partial charge in [0, 0.05) is 0 Å². The molecule has 2 amide bonds. The first-order valence-corrected chi connectivity index (χ1v) is 7.19. The van der Waals surface area contributed by atoms with Crippen molar-refractivity contribution in [2.45, 2.75) is 13.8 Å². The van der Waals surface area contributed by atoms with Crippen molar-refractivity contribution in [3.63, 3.8) is 0 Å². The number of rotatable bonds is 5. The van der Waals surface area contributed by atoms with E-state index in [2.05, 4.69) is 10.6 Å². The molecule has 7 nitrogen and oxygen atoms in total. The summed E-state index contributed by atoms with van der Waals surface area (Å²) in [5.41, 5.74) is 1.81. The molecule has 0 saturated heterocycles. The van der Waals surface area contributed by atoms with E-state index in [1.165, 1.54) is 0 Å². The lowest BCUT2D eigenvalue weighted by Crippen LogP contribution is -2.45. The van der Waals surface area contributed by atoms with Crippen LogP contribution in [-0.2, 0) is 14.3 Å². The van der Waals surface area contributed by atoms with Crippen molar-refractivity contribution >= 4 is 18.0 Å². The van der Waals surface area contributed by atoms with Gasteiger partial charge in [0.15, 0.2) is 0 Å². The first-order chi connectivity index (χ1) is 11.0. The quantitative estimate of drug-likeness (QED) is 0.798. The molecule has 2 rings (SSSR count). The Balaban J connectivity index is 2.10. The van der Waals surface area contributed by atoms with E-state index in [1.54, 1.807) is 25.1 Å². The predicted molar refractivity (Wildman–Crippen MR) is 81.7 cm³/mol. The molecule has 0 bridgehead atoms. The lowest BCUT2D eigenvalue weighted by Gasteiger charge is -2.21. The highest BCUT2D eigenvalue weighted by atomic mass is 16.5. The van der Waals surface area contributed by atoms with Crippen molar-refractivity contribution in [1.82, 2.24) is 10.6 Å². The zero-order valence-electron chi connectivity index (χ0n) is 13.0. The summed E-state index contributed by atoms with van der Waals surface area (Å²) in [7, 11) is 0. The lowest BCUT2D eigenvalue weighted by molar-refractivity contribution is -0.138. The molecule has 0 fully saturated rings. The van der Waals surface area contributed by atoms with Gasteiger partial charge < -0.3 is 20.1 Å². The van der Waals surface area contributed by atoms with Gasteiger partial charge in [-0.2, -0.15) is 0 Å². The summed E-state index contributed by atoms with van der Waals surface area (Å²) in [4.78, 5) is 35.3. The maximum absolute atomic E-state index is 12.0. The Morgan fingerprint density at radius 2 is 2.00 bits per heavy atom. The van der Waals surface area contributed by atoms with Crippen LogP contribution in [0.5, 0.6) is 0 Å². The molecular weight excluding hydrogens is 300 g/mol. The molecule has 0 saturated carbocycles. The van der Waals surface area contributed by atoms with E-state index >= 15 is 0 Å². The number of hydrogen-bond donors (Lipinski definition) is 2. The van der Waals surface area contributed by atoms with Crippen molar-refractivity contribution in [2.24, 2.45) is 0 Å². The average molecular weight is 318 g/mol. The van der Waals surface area contributed by atoms with Gasteiger partial charge in [-0.05, 0) is 26.0 Å². The number of urea groups is 1. The van der Waals surface area contributed by atoms with Gasteiger partial charge in [0.25, 0.3) is 0 Å². The van der Waals surface area contributed by atoms with Crippen LogP contribution in [0, 0.1) is 6.92 Å². The fourth-order valence-corrected chi connectivity index (χ4v) is 2.06. The summed E-state index contributed by atoms with van der Waals surface area (Å²) in [6, 6.07) is 6.49. The molecule has 1 aromatic rings. The van der Waals surface area contributed by atoms with Crippen LogP contribution in [-0.4, -0.2) is 37.7 Å². The Kier molecular flexibility index (Phi) is 5.35. The standard InChI is InChI=1S/C16H18N2O5/c1-3-22-15(20)12-8-17-16(21)18-13(12)9-23-14(19)11-6-4-5-10(2)7-11/h4-7H,3,8-9H2,1-2H3,(H2,17,18,21). The van der Waals surface area contributed by atoms with E-state index in [0.717, 1.165) is 5.56 Å². The summed E-state index contributed by atoms with van der Waals surface area (Å²) >= 11 is 0. The Bertz CT molecular complexity index is 666. The minimum absolute atomic E-state index is 0.0298. The van der Waals surface area contributed by atoms with Gasteiger partial charge in [0.1, 0.15) is 6.61 Å². The molecule has 0 atom stereocenters. The van der Waals surface area contributed by atoms with Crippen LogP contribution in [0.4, 0.5) is 4.79 Å². The van der Waals surface area contributed by atoms with Gasteiger partial charge >= 0.3 is 18.0 Å². The van der Waals surface area contributed by atoms with E-state index in [9.17, 15) is 14.4 Å². The van der Waals surface area contributed by atoms with Gasteiger partial charge in [0.05, 0.1) is 30.0 Å². The second-order valence-corrected chi connectivity index (χ2v) is 4.93. The molecule has 23 heavy (non-hydrogen) atoms. The van der Waals surface area contributed by atoms with Gasteiger partial charge in [-0.3, -0.25) is 0 Å². The largest absolute Gasteiger partial charge is 0.463 e. The molecule has 0 aromatic heterocycles. The predicted octanol–water partition coefficient (Wildman–Crippen LogP) is 1.28. The number of carbonyl (C=O) groups is 3. The van der Waals surface area contributed by atoms with Gasteiger partial charge in [-0.25, -0.2) is 14.4 Å². The number of esters is 2. The third-order valence-corrected chi connectivity index (χ3v) is 3.18. The fourth-order valence-electron chi connectivity index (χ4n) is 2.06. The van der Waals surface area contributed by atoms with Gasteiger partial charge in [-0.15, -0.1) is 0 Å². The van der Waals surface area contributed by atoms with E-state index in [4.69, 9.17) is 9.47 Å². The van der Waals surface area contributed by atoms with Crippen molar-refractivity contribution < 1.29 is 23.9 Å². The van der Waals surface area contributed by atoms with E-state index in [0.29, 0.717) is 5.56 Å². The number of amides is 2. The summed E-state index contributed by atoms with van der Waals surface area (Å²) in [6.45, 7) is 3.58. The van der Waals surface area contributed by atoms with Crippen LogP contribution in [0.3, 0.4) is 0 Å². The topological polar surface area (TPSA) is 93.7 Å². The summed E-state index contributed by atoms with van der Waals surface area (Å²) in [5, 5.41) is 4.95. The summed E-state index contributed by atoms with van der Waals surface area (Å²) in [6.07, 6.45) is 0. The second kappa shape index (κ2) is 7.44. The number of nitrogens with one attached hydrogen (secondary N) is 2. The second-order valence-electron chi connectivity index (χ2n) is 4.93. The Hall–Kier alpha value is -2.83. The average Bonchev–Trinajstić information content (AvgIpc) is 2.52. The van der Waals surface area contributed by atoms with Crippen molar-refractivity contribution in [3.8, 4) is 0 Å². The van der Waals surface area contributed by atoms with Crippen LogP contribution in [0.1, 0.15) is 22.8 Å². The molecule has 0 radical (unpaired) electrons. The number of aryl methyl sites for hydroxylation is 1. The van der Waals surface area contributed by atoms with E-state index in [1.807, 2.05) is 13.0 Å². The number of carbonyl (C=O) groups excluding carboxylic acids is 3. The summed E-state index contributed by atoms with van der Waals surface area (Å²) in [5.74, 6) is -1.08. The van der Waals surface area contributed by atoms with Crippen LogP contribution >= 0.6 is 0 Å². The first-order valence-electron chi connectivity index (χ1n) is 7.19. The van der Waals surface area contributed by atoms with Crippen LogP contribution in [0.2, 0.25) is 0 Å². The minimum atomic E-state index is -0.554. The van der Waals surface area contributed by atoms with Crippen molar-refractivity contribution in [1.29, 1.82) is 0 Å². The molecule has 7 heteroatoms. The van der Waals surface area contributed by atoms with Gasteiger partial charge in [0.2, 0.25) is 0 Å². The fraction of sp³-hybridized carbons (Fsp3) is 0.312. The molecule has 1 aliphatic rings. The van der Waals surface area contributed by atoms with E-state index < -0.39 is 18.0 Å². The highest BCUT2D eigenvalue weighted by molar-refractivity contribution is 5.94. The van der Waals surface area contributed by atoms with Crippen molar-refractivity contribution in [2.75, 3.05) is 19.8 Å². The third kappa shape index (κ3) is 4.32. The normalized spacial score (nSPS) is 13.9. The maximum atomic E-state index is 12.0. The van der Waals surface area contributed by atoms with E-state index in [-0.39, 0.29) is 31.0 Å². The summed E-state index contributed by atoms with van der Waals surface area (Å²) < 4.78 is 10.1. The molecular formula is C16H18N2O5. The zero-order chi connectivity index (χ0) is 16.8. The number of ether oxygens (including phenoxy) is 2. The molecule has 122 valence electrons. The molecule has 1 aromatic carbocycles. The minimum Gasteiger partial charge on any atom is -0.463 e. The number of benzene rings is 1. The van der Waals surface area contributed by atoms with Crippen LogP contribution in [0.15, 0.2) is 35.5 Å². The highest BCUT2D eigenvalue weighted by Crippen LogP contribution is 2.11. The monoisotopic (exact) mass is 318 g/mol. The third-order valence-electron chi connectivity index (χ3n) is 3.18. The first kappa shape index (κ1) is 16.5. The lowest BCUT2D eigenvalue weighted by atomic mass is 10.1. The van der Waals surface area contributed by atoms with Gasteiger partial charge in [-0.1, -0.05) is 17.7 Å². The number of hydrogen-bond acceptors (Lipinski definition) is 5. The Morgan fingerprint density at radius 1 is 1.22 bits per heavy atom. The molecule has 1 aliphatic heterocycles. The Morgan fingerprint density at radius 3 is 2.70 bits per heavy atom. The smallest absolute Gasteiger partial charge is 0.338 e. The SMILES string of the molecule is CCOC(=O)C1=C(COC(=O)c2cccc(C)c2)NC(=O)NC1. The Labute approximate surface area is 133 Å². The van der Waals surface area contributed by atoms with Crippen molar-refractivity contribution in [3.05, 3.63) is 46.7 Å². The molecule has 2 N–H and O–H groups in total. The zero-order valence-corrected chi connectivity index (χ0v) is 13.0. The maximum Gasteiger partial charge on any atom is 0.338 e. The molecule has 1 heterocycles. The highest BCUT2D eigenvalue weighted by Gasteiger charge is 2.24. The van der Waals surface area contributed by atoms with Crippen LogP contribution in [0.25, 0.3) is 0 Å². The van der Waals surface area contributed by atoms with Crippen LogP contribution < -0.4 is 10.6 Å². The molecule has 0 spiro atoms.